The zero-order valence-corrected chi connectivity index (χ0v) is 10.00. The van der Waals surface area contributed by atoms with E-state index in [2.05, 4.69) is 0 Å². The number of aliphatic hydroxyl groups excluding tert-OH is 1. The van der Waals surface area contributed by atoms with Crippen LogP contribution in [0.25, 0.3) is 0 Å². The van der Waals surface area contributed by atoms with Gasteiger partial charge in [0.15, 0.2) is 0 Å². The quantitative estimate of drug-likeness (QED) is 0.392. The zero-order chi connectivity index (χ0) is 4.28. The van der Waals surface area contributed by atoms with Crippen molar-refractivity contribution in [2.45, 2.75) is 13.8 Å². The molecule has 0 rings (SSSR count). The fourth-order valence-electron chi connectivity index (χ4n) is 0. The van der Waals surface area contributed by atoms with E-state index in [0.29, 0.717) is 12.5 Å². The molecule has 0 unspecified atom stereocenters. The normalized spacial score (nSPS) is 5.33. The molecule has 0 aliphatic rings. The fourth-order valence-corrected chi connectivity index (χ4v) is 0. The molecule has 48 valence electrons. The van der Waals surface area contributed by atoms with E-state index < -0.39 is 0 Å². The van der Waals surface area contributed by atoms with Crippen LogP contribution < -0.4 is 73.2 Å². The number of halogens is 2. The second-order valence-corrected chi connectivity index (χ2v) is 1.58. The van der Waals surface area contributed by atoms with Crippen molar-refractivity contribution in [1.29, 1.82) is 0 Å². The van der Waals surface area contributed by atoms with Gasteiger partial charge in [-0.1, -0.05) is 13.8 Å². The molecule has 0 amide bonds. The van der Waals surface area contributed by atoms with Crippen LogP contribution in [0.2, 0.25) is 0 Å². The maximum absolute atomic E-state index is 8.14. The van der Waals surface area contributed by atoms with Gasteiger partial charge in [-0.05, 0) is 5.92 Å². The van der Waals surface area contributed by atoms with Crippen LogP contribution >= 0.6 is 0 Å². The summed E-state index contributed by atoms with van der Waals surface area (Å²) in [4.78, 5) is 0. The molecule has 0 saturated heterocycles. The standard InChI is InChI=1S/C4H10O.2ClH.Li.Na/c1-4(2)3-5;;;;/h4-5H,3H2,1-2H3;2*1H;;/q;;;2*+1/p-2. The van der Waals surface area contributed by atoms with E-state index in [1.165, 1.54) is 0 Å². The Bertz CT molecular complexity index is 32.5. The Morgan fingerprint density at radius 2 is 1.33 bits per heavy atom. The minimum Gasteiger partial charge on any atom is -1.00 e. The number of aliphatic hydroxyl groups is 1. The molecular weight excluding hydrogens is 165 g/mol. The van der Waals surface area contributed by atoms with Gasteiger partial charge in [-0.15, -0.1) is 0 Å². The van der Waals surface area contributed by atoms with Gasteiger partial charge in [-0.3, -0.25) is 0 Å². The van der Waals surface area contributed by atoms with Crippen LogP contribution in [0.5, 0.6) is 0 Å². The number of rotatable bonds is 1. The van der Waals surface area contributed by atoms with Crippen LogP contribution in [-0.2, 0) is 0 Å². The smallest absolute Gasteiger partial charge is 1.00 e. The molecule has 0 aliphatic heterocycles. The summed E-state index contributed by atoms with van der Waals surface area (Å²) in [5.41, 5.74) is 0. The van der Waals surface area contributed by atoms with E-state index in [9.17, 15) is 0 Å². The Morgan fingerprint density at radius 3 is 1.33 bits per heavy atom. The molecule has 1 N–H and O–H groups in total. The number of hydrogen-bond donors (Lipinski definition) is 1. The summed E-state index contributed by atoms with van der Waals surface area (Å²) in [5.74, 6) is 0.440. The molecular formula is C4H10Cl2LiNaO. The molecule has 0 fully saturated rings. The van der Waals surface area contributed by atoms with Crippen LogP contribution in [0.4, 0.5) is 0 Å². The SMILES string of the molecule is CC(C)CO.[Cl-].[Cl-].[Li+].[Na+]. The molecule has 0 bridgehead atoms. The Morgan fingerprint density at radius 1 is 1.22 bits per heavy atom. The van der Waals surface area contributed by atoms with Gasteiger partial charge in [0.25, 0.3) is 0 Å². The Kier molecular flexibility index (Phi) is 75.9. The van der Waals surface area contributed by atoms with Gasteiger partial charge in [0.1, 0.15) is 0 Å². The van der Waals surface area contributed by atoms with Crippen molar-refractivity contribution >= 4 is 0 Å². The fraction of sp³-hybridized carbons (Fsp3) is 1.00. The summed E-state index contributed by atoms with van der Waals surface area (Å²) in [6, 6.07) is 0. The van der Waals surface area contributed by atoms with Crippen molar-refractivity contribution in [2.24, 2.45) is 5.92 Å². The van der Waals surface area contributed by atoms with Crippen molar-refractivity contribution in [3.63, 3.8) is 0 Å². The minimum atomic E-state index is 0. The van der Waals surface area contributed by atoms with Crippen molar-refractivity contribution in [2.75, 3.05) is 6.61 Å². The third-order valence-electron chi connectivity index (χ3n) is 0.365. The van der Waals surface area contributed by atoms with Crippen LogP contribution in [0.15, 0.2) is 0 Å². The van der Waals surface area contributed by atoms with E-state index in [-0.39, 0.29) is 73.2 Å². The first kappa shape index (κ1) is 30.4. The van der Waals surface area contributed by atoms with Gasteiger partial charge in [-0.25, -0.2) is 0 Å². The molecule has 0 heterocycles. The molecule has 1 nitrogen and oxygen atoms in total. The second kappa shape index (κ2) is 22.5. The van der Waals surface area contributed by atoms with Gasteiger partial charge < -0.3 is 29.9 Å². The first-order valence-corrected chi connectivity index (χ1v) is 1.88. The molecule has 5 heteroatoms. The summed E-state index contributed by atoms with van der Waals surface area (Å²) in [6.07, 6.45) is 0. The molecule has 0 radical (unpaired) electrons. The van der Waals surface area contributed by atoms with Gasteiger partial charge in [0.2, 0.25) is 0 Å². The molecule has 9 heavy (non-hydrogen) atoms. The summed E-state index contributed by atoms with van der Waals surface area (Å²) in [6.45, 7) is 4.25. The summed E-state index contributed by atoms with van der Waals surface area (Å²) >= 11 is 0. The van der Waals surface area contributed by atoms with Crippen molar-refractivity contribution in [3.8, 4) is 0 Å². The first-order valence-electron chi connectivity index (χ1n) is 1.88. The summed E-state index contributed by atoms with van der Waals surface area (Å²) < 4.78 is 0. The van der Waals surface area contributed by atoms with Crippen molar-refractivity contribution in [3.05, 3.63) is 0 Å². The average Bonchev–Trinajstić information content (AvgIpc) is 1.38. The van der Waals surface area contributed by atoms with E-state index in [0.717, 1.165) is 0 Å². The monoisotopic (exact) mass is 174 g/mol. The van der Waals surface area contributed by atoms with Crippen LogP contribution in [0.3, 0.4) is 0 Å². The van der Waals surface area contributed by atoms with Crippen LogP contribution in [0, 0.1) is 5.92 Å². The predicted octanol–water partition coefficient (Wildman–Crippen LogP) is -11.3. The molecule has 0 aromatic rings. The average molecular weight is 175 g/mol. The summed E-state index contributed by atoms with van der Waals surface area (Å²) in [5, 5.41) is 8.14. The van der Waals surface area contributed by atoms with Gasteiger partial charge in [-0.2, -0.15) is 0 Å². The van der Waals surface area contributed by atoms with Crippen LogP contribution in [0.1, 0.15) is 13.8 Å². The maximum atomic E-state index is 8.14. The first-order chi connectivity index (χ1) is 2.27. The van der Waals surface area contributed by atoms with Gasteiger partial charge in [0.05, 0.1) is 0 Å². The zero-order valence-electron chi connectivity index (χ0n) is 6.49. The largest absolute Gasteiger partial charge is 1.00 e. The minimum absolute atomic E-state index is 0. The Labute approximate surface area is 104 Å². The van der Waals surface area contributed by atoms with Crippen LogP contribution in [-0.4, -0.2) is 11.7 Å². The second-order valence-electron chi connectivity index (χ2n) is 1.58. The summed E-state index contributed by atoms with van der Waals surface area (Å²) in [7, 11) is 0. The molecule has 0 aromatic heterocycles. The van der Waals surface area contributed by atoms with Crippen molar-refractivity contribution in [1.82, 2.24) is 0 Å². The van der Waals surface area contributed by atoms with Gasteiger partial charge >= 0.3 is 48.4 Å². The number of hydrogen-bond acceptors (Lipinski definition) is 1. The molecule has 0 spiro atoms. The molecule has 0 aromatic carbocycles. The maximum Gasteiger partial charge on any atom is 1.00 e. The topological polar surface area (TPSA) is 20.2 Å². The van der Waals surface area contributed by atoms with E-state index in [1.807, 2.05) is 13.8 Å². The molecule has 0 saturated carbocycles. The van der Waals surface area contributed by atoms with E-state index in [1.54, 1.807) is 0 Å². The van der Waals surface area contributed by atoms with E-state index in [4.69, 9.17) is 5.11 Å². The Balaban J connectivity index is -0.0000000133. The van der Waals surface area contributed by atoms with Gasteiger partial charge in [0, 0.05) is 6.61 Å². The molecule has 0 aliphatic carbocycles. The predicted molar refractivity (Wildman–Crippen MR) is 21.9 cm³/mol. The Hall–Kier alpha value is 2.14. The van der Waals surface area contributed by atoms with Crippen molar-refractivity contribution < 1.29 is 78.3 Å². The molecule has 0 atom stereocenters. The third kappa shape index (κ3) is 39.2. The van der Waals surface area contributed by atoms with E-state index >= 15 is 0 Å². The third-order valence-corrected chi connectivity index (χ3v) is 0.365.